The Bertz CT molecular complexity index is 734. The van der Waals surface area contributed by atoms with E-state index in [1.807, 2.05) is 12.1 Å². The van der Waals surface area contributed by atoms with Crippen LogP contribution >= 0.6 is 15.9 Å². The number of amides is 1. The van der Waals surface area contributed by atoms with Gasteiger partial charge in [0.2, 0.25) is 5.91 Å². The van der Waals surface area contributed by atoms with Crippen molar-refractivity contribution in [2.24, 2.45) is 5.73 Å². The molecular formula is C15H14BrN3O4. The van der Waals surface area contributed by atoms with Gasteiger partial charge in [0.25, 0.3) is 5.69 Å². The van der Waals surface area contributed by atoms with Crippen LogP contribution in [-0.4, -0.2) is 16.9 Å². The first kappa shape index (κ1) is 16.8. The maximum absolute atomic E-state index is 11.1. The highest BCUT2D eigenvalue weighted by molar-refractivity contribution is 9.10. The smallest absolute Gasteiger partial charge is 0.292 e. The molecule has 120 valence electrons. The number of nitrogens with zero attached hydrogens (tertiary/aromatic N) is 1. The molecule has 2 aromatic carbocycles. The van der Waals surface area contributed by atoms with E-state index < -0.39 is 16.9 Å². The van der Waals surface area contributed by atoms with Crippen LogP contribution in [0.3, 0.4) is 0 Å². The summed E-state index contributed by atoms with van der Waals surface area (Å²) in [6.07, 6.45) is 0. The summed E-state index contributed by atoms with van der Waals surface area (Å²) in [5.74, 6) is 0.367. The Morgan fingerprint density at radius 2 is 1.87 bits per heavy atom. The van der Waals surface area contributed by atoms with E-state index in [-0.39, 0.29) is 11.4 Å². The van der Waals surface area contributed by atoms with Crippen molar-refractivity contribution in [1.29, 1.82) is 0 Å². The molecular weight excluding hydrogens is 366 g/mol. The van der Waals surface area contributed by atoms with Gasteiger partial charge in [-0.05, 0) is 37.3 Å². The summed E-state index contributed by atoms with van der Waals surface area (Å²) in [4.78, 5) is 21.7. The first-order chi connectivity index (χ1) is 10.9. The quantitative estimate of drug-likeness (QED) is 0.590. The Morgan fingerprint density at radius 3 is 2.43 bits per heavy atom. The monoisotopic (exact) mass is 379 g/mol. The second-order valence-corrected chi connectivity index (χ2v) is 5.68. The second-order valence-electron chi connectivity index (χ2n) is 4.76. The van der Waals surface area contributed by atoms with Crippen LogP contribution in [0.1, 0.15) is 6.92 Å². The number of hydrogen-bond donors (Lipinski definition) is 2. The van der Waals surface area contributed by atoms with Crippen LogP contribution in [0.4, 0.5) is 11.4 Å². The summed E-state index contributed by atoms with van der Waals surface area (Å²) >= 11 is 3.32. The van der Waals surface area contributed by atoms with Crippen molar-refractivity contribution in [1.82, 2.24) is 0 Å². The highest BCUT2D eigenvalue weighted by Crippen LogP contribution is 2.32. The van der Waals surface area contributed by atoms with Crippen LogP contribution in [0.15, 0.2) is 46.9 Å². The topological polar surface area (TPSA) is 107 Å². The van der Waals surface area contributed by atoms with Crippen molar-refractivity contribution < 1.29 is 14.5 Å². The molecule has 0 bridgehead atoms. The molecule has 8 heteroatoms. The minimum atomic E-state index is -0.753. The highest BCUT2D eigenvalue weighted by atomic mass is 79.9. The van der Waals surface area contributed by atoms with E-state index >= 15 is 0 Å². The van der Waals surface area contributed by atoms with Crippen LogP contribution in [0.25, 0.3) is 0 Å². The number of hydrogen-bond acceptors (Lipinski definition) is 5. The Balaban J connectivity index is 2.29. The van der Waals surface area contributed by atoms with Gasteiger partial charge in [-0.15, -0.1) is 0 Å². The summed E-state index contributed by atoms with van der Waals surface area (Å²) < 4.78 is 6.56. The Morgan fingerprint density at radius 1 is 1.26 bits per heavy atom. The summed E-state index contributed by atoms with van der Waals surface area (Å²) in [5, 5.41) is 13.8. The predicted molar refractivity (Wildman–Crippen MR) is 89.6 cm³/mol. The number of carbonyl (C=O) groups is 1. The average Bonchev–Trinajstić information content (AvgIpc) is 2.49. The first-order valence-electron chi connectivity index (χ1n) is 6.64. The van der Waals surface area contributed by atoms with Gasteiger partial charge >= 0.3 is 0 Å². The summed E-state index contributed by atoms with van der Waals surface area (Å²) in [6.45, 7) is 1.52. The molecule has 0 fully saturated rings. The van der Waals surface area contributed by atoms with Gasteiger partial charge in [0.15, 0.2) is 0 Å². The lowest BCUT2D eigenvalue weighted by atomic mass is 10.2. The lowest BCUT2D eigenvalue weighted by Gasteiger charge is -2.13. The predicted octanol–water partition coefficient (Wildman–Crippen LogP) is 3.44. The molecule has 0 heterocycles. The third-order valence-corrected chi connectivity index (χ3v) is 3.54. The number of nitrogens with two attached hydrogens (primary N) is 1. The molecule has 0 saturated heterocycles. The fourth-order valence-corrected chi connectivity index (χ4v) is 2.06. The van der Waals surface area contributed by atoms with E-state index in [0.29, 0.717) is 11.5 Å². The first-order valence-corrected chi connectivity index (χ1v) is 7.44. The number of halogens is 1. The lowest BCUT2D eigenvalue weighted by Crippen LogP contribution is -2.32. The maximum atomic E-state index is 11.1. The van der Waals surface area contributed by atoms with Gasteiger partial charge in [0.1, 0.15) is 23.2 Å². The number of primary amides is 1. The van der Waals surface area contributed by atoms with E-state index in [1.165, 1.54) is 25.1 Å². The second kappa shape index (κ2) is 7.10. The Hall–Kier alpha value is -2.61. The standard InChI is InChI=1S/C15H14BrN3O4/c1-9(15(17)20)18-13-8-12(6-7-14(13)19(21)22)23-11-4-2-10(16)3-5-11/h2-9,18H,1H3,(H2,17,20). The fraction of sp³-hybridized carbons (Fsp3) is 0.133. The molecule has 0 aliphatic carbocycles. The minimum Gasteiger partial charge on any atom is -0.457 e. The largest absolute Gasteiger partial charge is 0.457 e. The van der Waals surface area contributed by atoms with Gasteiger partial charge in [-0.2, -0.15) is 0 Å². The van der Waals surface area contributed by atoms with Crippen LogP contribution in [0.5, 0.6) is 11.5 Å². The zero-order valence-electron chi connectivity index (χ0n) is 12.2. The molecule has 3 N–H and O–H groups in total. The Labute approximate surface area is 140 Å². The molecule has 0 aromatic heterocycles. The molecule has 2 aromatic rings. The van der Waals surface area contributed by atoms with Gasteiger partial charge in [-0.25, -0.2) is 0 Å². The third-order valence-electron chi connectivity index (χ3n) is 3.01. The number of benzene rings is 2. The molecule has 0 radical (unpaired) electrons. The van der Waals surface area contributed by atoms with Crippen molar-refractivity contribution in [2.75, 3.05) is 5.32 Å². The number of nitro groups is 1. The number of rotatable bonds is 6. The van der Waals surface area contributed by atoms with Crippen LogP contribution < -0.4 is 15.8 Å². The van der Waals surface area contributed by atoms with E-state index in [4.69, 9.17) is 10.5 Å². The van der Waals surface area contributed by atoms with E-state index in [1.54, 1.807) is 12.1 Å². The molecule has 0 aliphatic rings. The number of nitro benzene ring substituents is 1. The molecule has 0 spiro atoms. The lowest BCUT2D eigenvalue weighted by molar-refractivity contribution is -0.384. The van der Waals surface area contributed by atoms with Crippen LogP contribution in [-0.2, 0) is 4.79 Å². The summed E-state index contributed by atoms with van der Waals surface area (Å²) in [7, 11) is 0. The number of ether oxygens (including phenoxy) is 1. The van der Waals surface area contributed by atoms with Gasteiger partial charge in [0, 0.05) is 16.6 Å². The highest BCUT2D eigenvalue weighted by Gasteiger charge is 2.18. The Kier molecular flexibility index (Phi) is 5.17. The SMILES string of the molecule is CC(Nc1cc(Oc2ccc(Br)cc2)ccc1[N+](=O)[O-])C(N)=O. The molecule has 1 unspecified atom stereocenters. The molecule has 0 aliphatic heterocycles. The zero-order valence-corrected chi connectivity index (χ0v) is 13.7. The van der Waals surface area contributed by atoms with E-state index in [2.05, 4.69) is 21.2 Å². The van der Waals surface area contributed by atoms with Gasteiger partial charge < -0.3 is 15.8 Å². The minimum absolute atomic E-state index is 0.163. The molecule has 1 atom stereocenters. The molecule has 2 rings (SSSR count). The normalized spacial score (nSPS) is 11.6. The summed E-state index contributed by atoms with van der Waals surface area (Å²) in [6, 6.07) is 10.6. The number of carbonyl (C=O) groups excluding carboxylic acids is 1. The van der Waals surface area contributed by atoms with Gasteiger partial charge in [-0.1, -0.05) is 15.9 Å². The molecule has 7 nitrogen and oxygen atoms in total. The van der Waals surface area contributed by atoms with Crippen molar-refractivity contribution >= 4 is 33.2 Å². The summed E-state index contributed by atoms with van der Waals surface area (Å²) in [5.41, 5.74) is 5.18. The van der Waals surface area contributed by atoms with Crippen LogP contribution in [0.2, 0.25) is 0 Å². The van der Waals surface area contributed by atoms with E-state index in [0.717, 1.165) is 4.47 Å². The number of nitrogens with one attached hydrogen (secondary N) is 1. The van der Waals surface area contributed by atoms with Crippen molar-refractivity contribution in [3.8, 4) is 11.5 Å². The van der Waals surface area contributed by atoms with Crippen molar-refractivity contribution in [2.45, 2.75) is 13.0 Å². The van der Waals surface area contributed by atoms with Crippen molar-refractivity contribution in [3.63, 3.8) is 0 Å². The fourth-order valence-electron chi connectivity index (χ4n) is 1.80. The van der Waals surface area contributed by atoms with Gasteiger partial charge in [-0.3, -0.25) is 14.9 Å². The van der Waals surface area contributed by atoms with E-state index in [9.17, 15) is 14.9 Å². The third kappa shape index (κ3) is 4.43. The van der Waals surface area contributed by atoms with Crippen LogP contribution in [0, 0.1) is 10.1 Å². The zero-order chi connectivity index (χ0) is 17.0. The molecule has 1 amide bonds. The maximum Gasteiger partial charge on any atom is 0.292 e. The molecule has 23 heavy (non-hydrogen) atoms. The average molecular weight is 380 g/mol. The molecule has 0 saturated carbocycles. The number of anilines is 1. The van der Waals surface area contributed by atoms with Gasteiger partial charge in [0.05, 0.1) is 4.92 Å². The van der Waals surface area contributed by atoms with Crippen molar-refractivity contribution in [3.05, 3.63) is 57.1 Å².